The zero-order chi connectivity index (χ0) is 21.5. The molecule has 0 aromatic carbocycles. The highest BCUT2D eigenvalue weighted by Gasteiger charge is 2.33. The summed E-state index contributed by atoms with van der Waals surface area (Å²) in [7, 11) is 0. The van der Waals surface area contributed by atoms with Crippen LogP contribution in [0.25, 0.3) is 17.2 Å². The van der Waals surface area contributed by atoms with Gasteiger partial charge in [0.25, 0.3) is 11.9 Å². The lowest BCUT2D eigenvalue weighted by Gasteiger charge is -2.09. The summed E-state index contributed by atoms with van der Waals surface area (Å²) in [5.41, 5.74) is 4.33. The number of carbonyl (C=O) groups excluding carboxylic acids is 1. The molecule has 4 aromatic heterocycles. The summed E-state index contributed by atoms with van der Waals surface area (Å²) in [5.74, 6) is 0.665. The molecular weight excluding hydrogens is 428 g/mol. The van der Waals surface area contributed by atoms with Gasteiger partial charge in [0.2, 0.25) is 0 Å². The van der Waals surface area contributed by atoms with Crippen LogP contribution in [-0.2, 0) is 6.54 Å². The molecule has 4 aromatic rings. The van der Waals surface area contributed by atoms with Crippen molar-refractivity contribution in [3.05, 3.63) is 61.6 Å². The molecule has 9 heteroatoms. The molecule has 0 saturated heterocycles. The zero-order valence-electron chi connectivity index (χ0n) is 17.5. The fourth-order valence-corrected chi connectivity index (χ4v) is 5.23. The van der Waals surface area contributed by atoms with Gasteiger partial charge in [0.1, 0.15) is 0 Å². The molecule has 0 radical (unpaired) electrons. The smallest absolute Gasteiger partial charge is 0.255 e. The molecule has 0 aliphatic heterocycles. The summed E-state index contributed by atoms with van der Waals surface area (Å²) < 4.78 is 1.73. The van der Waals surface area contributed by atoms with Crippen LogP contribution in [-0.4, -0.2) is 30.6 Å². The lowest BCUT2D eigenvalue weighted by atomic mass is 10.1. The largest absolute Gasteiger partial charge is 0.346 e. The van der Waals surface area contributed by atoms with Crippen LogP contribution in [0, 0.1) is 20.8 Å². The van der Waals surface area contributed by atoms with Crippen molar-refractivity contribution in [3.63, 3.8) is 0 Å². The van der Waals surface area contributed by atoms with Crippen LogP contribution in [0.2, 0.25) is 0 Å². The molecule has 7 nitrogen and oxygen atoms in total. The van der Waals surface area contributed by atoms with E-state index in [1.807, 2.05) is 18.4 Å². The monoisotopic (exact) mass is 450 g/mol. The fraction of sp³-hybridized carbons (Fsp3) is 0.318. The van der Waals surface area contributed by atoms with Crippen LogP contribution in [0.1, 0.15) is 55.3 Å². The Balaban J connectivity index is 1.45. The molecule has 0 atom stereocenters. The standard InChI is InChI=1S/C22H22N6OS2/c1-12-8-17(13(2)31-12)19-6-7-23-22(27-19)28-20(15-4-5-15)18(10-25-28)21(29)24-9-16-11-30-14(3)26-16/h6-8,10-11,15H,4-5,9H2,1-3H3,(H,24,29). The van der Waals surface area contributed by atoms with Gasteiger partial charge in [-0.25, -0.2) is 19.6 Å². The lowest BCUT2D eigenvalue weighted by Crippen LogP contribution is -2.24. The maximum Gasteiger partial charge on any atom is 0.255 e. The molecule has 0 spiro atoms. The minimum Gasteiger partial charge on any atom is -0.346 e. The van der Waals surface area contributed by atoms with Crippen molar-refractivity contribution in [1.29, 1.82) is 0 Å². The molecule has 0 bridgehead atoms. The van der Waals surface area contributed by atoms with Gasteiger partial charge in [-0.05, 0) is 45.7 Å². The first-order chi connectivity index (χ1) is 15.0. The molecule has 1 N–H and O–H groups in total. The Labute approximate surface area is 188 Å². The summed E-state index contributed by atoms with van der Waals surface area (Å²) in [6.45, 7) is 6.56. The fourth-order valence-electron chi connectivity index (χ4n) is 3.68. The molecule has 1 saturated carbocycles. The molecule has 1 aliphatic carbocycles. The molecule has 1 aliphatic rings. The van der Waals surface area contributed by atoms with E-state index in [1.165, 1.54) is 9.75 Å². The van der Waals surface area contributed by atoms with Crippen molar-refractivity contribution in [2.75, 3.05) is 0 Å². The highest BCUT2D eigenvalue weighted by Crippen LogP contribution is 2.42. The van der Waals surface area contributed by atoms with Gasteiger partial charge in [-0.15, -0.1) is 22.7 Å². The van der Waals surface area contributed by atoms with Crippen molar-refractivity contribution < 1.29 is 4.79 Å². The van der Waals surface area contributed by atoms with E-state index in [2.05, 4.69) is 40.3 Å². The number of thiophene rings is 1. The molecular formula is C22H22N6OS2. The van der Waals surface area contributed by atoms with Gasteiger partial charge in [-0.3, -0.25) is 4.79 Å². The third-order valence-corrected chi connectivity index (χ3v) is 7.05. The predicted octanol–water partition coefficient (Wildman–Crippen LogP) is 4.58. The maximum atomic E-state index is 12.9. The lowest BCUT2D eigenvalue weighted by molar-refractivity contribution is 0.0949. The van der Waals surface area contributed by atoms with Gasteiger partial charge < -0.3 is 5.32 Å². The first-order valence-corrected chi connectivity index (χ1v) is 11.9. The number of rotatable bonds is 6. The van der Waals surface area contributed by atoms with Gasteiger partial charge in [-0.1, -0.05) is 0 Å². The van der Waals surface area contributed by atoms with E-state index in [0.29, 0.717) is 24.0 Å². The number of nitrogens with zero attached hydrogens (tertiary/aromatic N) is 5. The average Bonchev–Trinajstić information content (AvgIpc) is 3.19. The topological polar surface area (TPSA) is 85.6 Å². The van der Waals surface area contributed by atoms with Crippen molar-refractivity contribution in [2.45, 2.75) is 46.1 Å². The molecule has 1 fully saturated rings. The van der Waals surface area contributed by atoms with E-state index >= 15 is 0 Å². The predicted molar refractivity (Wildman–Crippen MR) is 122 cm³/mol. The van der Waals surface area contributed by atoms with Gasteiger partial charge in [0.15, 0.2) is 0 Å². The molecule has 0 unspecified atom stereocenters. The summed E-state index contributed by atoms with van der Waals surface area (Å²) >= 11 is 3.34. The summed E-state index contributed by atoms with van der Waals surface area (Å²) in [4.78, 5) is 29.1. The summed E-state index contributed by atoms with van der Waals surface area (Å²) in [6.07, 6.45) is 5.47. The number of hydrogen-bond donors (Lipinski definition) is 1. The second-order valence-electron chi connectivity index (χ2n) is 7.74. The molecule has 4 heterocycles. The van der Waals surface area contributed by atoms with Crippen molar-refractivity contribution in [2.24, 2.45) is 0 Å². The number of aromatic nitrogens is 5. The van der Waals surface area contributed by atoms with Crippen LogP contribution in [0.3, 0.4) is 0 Å². The molecule has 5 rings (SSSR count). The number of amides is 1. The minimum atomic E-state index is -0.140. The SMILES string of the molecule is Cc1cc(-c2ccnc(-n3ncc(C(=O)NCc4csc(C)n4)c3C3CC3)n2)c(C)s1. The van der Waals surface area contributed by atoms with Crippen LogP contribution in [0.15, 0.2) is 29.9 Å². The Kier molecular flexibility index (Phi) is 5.15. The van der Waals surface area contributed by atoms with Gasteiger partial charge >= 0.3 is 0 Å². The Morgan fingerprint density at radius 2 is 2.10 bits per heavy atom. The Morgan fingerprint density at radius 1 is 1.26 bits per heavy atom. The number of nitrogens with one attached hydrogen (secondary N) is 1. The Bertz CT molecular complexity index is 1270. The third-order valence-electron chi connectivity index (χ3n) is 5.26. The Morgan fingerprint density at radius 3 is 2.77 bits per heavy atom. The maximum absolute atomic E-state index is 12.9. The number of aryl methyl sites for hydroxylation is 3. The van der Waals surface area contributed by atoms with Crippen molar-refractivity contribution in [3.8, 4) is 17.2 Å². The second kappa shape index (κ2) is 7.97. The van der Waals surface area contributed by atoms with Crippen LogP contribution >= 0.6 is 22.7 Å². The first-order valence-electron chi connectivity index (χ1n) is 10.2. The average molecular weight is 451 g/mol. The second-order valence-corrected chi connectivity index (χ2v) is 10.3. The normalized spacial score (nSPS) is 13.5. The van der Waals surface area contributed by atoms with Crippen molar-refractivity contribution in [1.82, 2.24) is 30.0 Å². The third kappa shape index (κ3) is 4.03. The van der Waals surface area contributed by atoms with E-state index in [9.17, 15) is 4.79 Å². The van der Waals surface area contributed by atoms with E-state index < -0.39 is 0 Å². The number of thiazole rings is 1. The summed E-state index contributed by atoms with van der Waals surface area (Å²) in [6, 6.07) is 4.07. The Hall–Kier alpha value is -2.91. The van der Waals surface area contributed by atoms with Gasteiger partial charge in [-0.2, -0.15) is 5.10 Å². The van der Waals surface area contributed by atoms with Crippen LogP contribution in [0.4, 0.5) is 0 Å². The summed E-state index contributed by atoms with van der Waals surface area (Å²) in [5, 5.41) is 10.4. The minimum absolute atomic E-state index is 0.140. The highest BCUT2D eigenvalue weighted by atomic mass is 32.1. The first kappa shape index (κ1) is 20.0. The van der Waals surface area contributed by atoms with Crippen LogP contribution in [0.5, 0.6) is 0 Å². The molecule has 31 heavy (non-hydrogen) atoms. The van der Waals surface area contributed by atoms with E-state index in [4.69, 9.17) is 4.98 Å². The molecule has 158 valence electrons. The van der Waals surface area contributed by atoms with Gasteiger partial charge in [0.05, 0.1) is 40.4 Å². The van der Waals surface area contributed by atoms with Gasteiger partial charge in [0, 0.05) is 32.8 Å². The van der Waals surface area contributed by atoms with E-state index in [0.717, 1.165) is 40.5 Å². The number of hydrogen-bond acceptors (Lipinski definition) is 7. The quantitative estimate of drug-likeness (QED) is 0.465. The zero-order valence-corrected chi connectivity index (χ0v) is 19.2. The van der Waals surface area contributed by atoms with E-state index in [1.54, 1.807) is 39.7 Å². The highest BCUT2D eigenvalue weighted by molar-refractivity contribution is 7.12. The molecule has 1 amide bonds. The van der Waals surface area contributed by atoms with Crippen molar-refractivity contribution >= 4 is 28.6 Å². The van der Waals surface area contributed by atoms with Crippen LogP contribution < -0.4 is 5.32 Å². The number of carbonyl (C=O) groups is 1. The van der Waals surface area contributed by atoms with E-state index in [-0.39, 0.29) is 5.91 Å².